The second kappa shape index (κ2) is 8.97. The topological polar surface area (TPSA) is 35.5 Å². The average Bonchev–Trinajstić information content (AvgIpc) is 2.47. The SMILES string of the molecule is COc1c(C)cc(C)c(OC)c1C(=O)PC1CCCCC1.[H-].[Li+]. The minimum atomic E-state index is 0. The number of methoxy groups -OCH3 is 2. The summed E-state index contributed by atoms with van der Waals surface area (Å²) in [5.74, 6) is 1.34. The van der Waals surface area contributed by atoms with Gasteiger partial charge in [0.1, 0.15) is 17.1 Å². The van der Waals surface area contributed by atoms with Crippen molar-refractivity contribution in [3.05, 3.63) is 22.8 Å². The number of benzene rings is 1. The summed E-state index contributed by atoms with van der Waals surface area (Å²) < 4.78 is 11.0. The van der Waals surface area contributed by atoms with E-state index in [1.165, 1.54) is 32.1 Å². The predicted molar refractivity (Wildman–Crippen MR) is 89.7 cm³/mol. The average molecular weight is 316 g/mol. The number of carbonyl (C=O) groups is 1. The van der Waals surface area contributed by atoms with Crippen LogP contribution in [0, 0.1) is 13.8 Å². The molecule has 1 atom stereocenters. The Morgan fingerprint density at radius 2 is 1.59 bits per heavy atom. The zero-order chi connectivity index (χ0) is 15.4. The fourth-order valence-corrected chi connectivity index (χ4v) is 4.63. The molecule has 1 aromatic rings. The fraction of sp³-hybridized carbons (Fsp3) is 0.588. The molecule has 1 unspecified atom stereocenters. The van der Waals surface area contributed by atoms with E-state index in [1.807, 2.05) is 19.9 Å². The molecule has 0 saturated heterocycles. The summed E-state index contributed by atoms with van der Waals surface area (Å²) in [6.45, 7) is 3.96. The van der Waals surface area contributed by atoms with Crippen LogP contribution in [0.3, 0.4) is 0 Å². The zero-order valence-electron chi connectivity index (χ0n) is 15.4. The maximum Gasteiger partial charge on any atom is 1.00 e. The normalized spacial score (nSPS) is 15.6. The molecule has 0 heterocycles. The van der Waals surface area contributed by atoms with Crippen LogP contribution >= 0.6 is 8.58 Å². The summed E-state index contributed by atoms with van der Waals surface area (Å²) >= 11 is 0. The molecule has 0 bridgehead atoms. The molecule has 118 valence electrons. The predicted octanol–water partition coefficient (Wildman–Crippen LogP) is 1.59. The third-order valence-corrected chi connectivity index (χ3v) is 5.68. The van der Waals surface area contributed by atoms with Gasteiger partial charge in [-0.2, -0.15) is 0 Å². The number of hydrogen-bond donors (Lipinski definition) is 0. The molecule has 1 fully saturated rings. The largest absolute Gasteiger partial charge is 1.00 e. The van der Waals surface area contributed by atoms with Crippen LogP contribution in [-0.2, 0) is 0 Å². The first-order valence-corrected chi connectivity index (χ1v) is 8.69. The van der Waals surface area contributed by atoms with Crippen molar-refractivity contribution in [1.82, 2.24) is 0 Å². The van der Waals surface area contributed by atoms with Crippen LogP contribution in [0.4, 0.5) is 0 Å². The number of aryl methyl sites for hydroxylation is 2. The first-order valence-electron chi connectivity index (χ1n) is 7.61. The molecule has 1 saturated carbocycles. The van der Waals surface area contributed by atoms with Crippen LogP contribution in [0.1, 0.15) is 55.0 Å². The van der Waals surface area contributed by atoms with Crippen LogP contribution in [0.25, 0.3) is 0 Å². The Morgan fingerprint density at radius 1 is 1.09 bits per heavy atom. The molecule has 0 amide bonds. The van der Waals surface area contributed by atoms with Crippen molar-refractivity contribution in [3.63, 3.8) is 0 Å². The molecule has 1 aliphatic rings. The van der Waals surface area contributed by atoms with Gasteiger partial charge in [0, 0.05) is 0 Å². The quantitative estimate of drug-likeness (QED) is 0.611. The molecule has 22 heavy (non-hydrogen) atoms. The van der Waals surface area contributed by atoms with Crippen molar-refractivity contribution in [2.75, 3.05) is 14.2 Å². The Labute approximate surface area is 149 Å². The Kier molecular flexibility index (Phi) is 7.98. The van der Waals surface area contributed by atoms with E-state index in [4.69, 9.17) is 9.47 Å². The van der Waals surface area contributed by atoms with Crippen molar-refractivity contribution < 1.29 is 34.6 Å². The third kappa shape index (κ3) is 4.29. The van der Waals surface area contributed by atoms with Crippen LogP contribution in [0.5, 0.6) is 11.5 Å². The number of carbonyl (C=O) groups excluding carboxylic acids is 1. The molecule has 0 N–H and O–H groups in total. The van der Waals surface area contributed by atoms with Gasteiger partial charge in [-0.3, -0.25) is 4.79 Å². The smallest absolute Gasteiger partial charge is 1.00 e. The van der Waals surface area contributed by atoms with Crippen LogP contribution in [-0.4, -0.2) is 25.4 Å². The fourth-order valence-electron chi connectivity index (χ4n) is 3.19. The van der Waals surface area contributed by atoms with Gasteiger partial charge >= 0.3 is 18.9 Å². The van der Waals surface area contributed by atoms with E-state index in [0.717, 1.165) is 11.1 Å². The maximum absolute atomic E-state index is 12.8. The van der Waals surface area contributed by atoms with Crippen LogP contribution < -0.4 is 28.3 Å². The summed E-state index contributed by atoms with van der Waals surface area (Å²) in [4.78, 5) is 12.8. The van der Waals surface area contributed by atoms with Crippen molar-refractivity contribution in [3.8, 4) is 11.5 Å². The molecule has 1 aromatic carbocycles. The molecule has 0 radical (unpaired) electrons. The van der Waals surface area contributed by atoms with E-state index < -0.39 is 0 Å². The van der Waals surface area contributed by atoms with Gasteiger partial charge in [0.05, 0.1) is 14.2 Å². The summed E-state index contributed by atoms with van der Waals surface area (Å²) in [6.07, 6.45) is 6.18. The Bertz CT molecular complexity index is 503. The molecule has 2 rings (SSSR count). The van der Waals surface area contributed by atoms with Crippen LogP contribution in [0.2, 0.25) is 0 Å². The van der Waals surface area contributed by atoms with E-state index in [2.05, 4.69) is 0 Å². The summed E-state index contributed by atoms with van der Waals surface area (Å²) in [5, 5.41) is 0. The Balaban J connectivity index is 0.00000242. The van der Waals surface area contributed by atoms with Gasteiger partial charge in [-0.25, -0.2) is 0 Å². The van der Waals surface area contributed by atoms with Gasteiger partial charge in [0.15, 0.2) is 5.52 Å². The number of ether oxygens (including phenoxy) is 2. The van der Waals surface area contributed by atoms with Gasteiger partial charge in [-0.1, -0.05) is 19.3 Å². The Morgan fingerprint density at radius 3 is 2.05 bits per heavy atom. The van der Waals surface area contributed by atoms with Gasteiger partial charge < -0.3 is 10.9 Å². The first kappa shape index (κ1) is 19.6. The minimum absolute atomic E-state index is 0. The summed E-state index contributed by atoms with van der Waals surface area (Å²) in [7, 11) is 3.57. The molecule has 1 aliphatic carbocycles. The molecule has 0 aromatic heterocycles. The van der Waals surface area contributed by atoms with Gasteiger partial charge in [0.25, 0.3) is 0 Å². The van der Waals surface area contributed by atoms with Gasteiger partial charge in [-0.05, 0) is 58.1 Å². The van der Waals surface area contributed by atoms with Gasteiger partial charge in [-0.15, -0.1) is 0 Å². The maximum atomic E-state index is 12.8. The molecule has 0 spiro atoms. The van der Waals surface area contributed by atoms with Gasteiger partial charge in [0.2, 0.25) is 0 Å². The molecule has 5 heteroatoms. The second-order valence-corrected chi connectivity index (χ2v) is 7.32. The first-order chi connectivity index (χ1) is 10.1. The third-order valence-electron chi connectivity index (χ3n) is 4.18. The van der Waals surface area contributed by atoms with E-state index in [-0.39, 0.29) is 25.8 Å². The number of hydrogen-bond acceptors (Lipinski definition) is 3. The zero-order valence-corrected chi connectivity index (χ0v) is 15.4. The van der Waals surface area contributed by atoms with E-state index >= 15 is 0 Å². The number of rotatable bonds is 5. The van der Waals surface area contributed by atoms with Crippen molar-refractivity contribution in [1.29, 1.82) is 0 Å². The minimum Gasteiger partial charge on any atom is -1.00 e. The monoisotopic (exact) mass is 316 g/mol. The van der Waals surface area contributed by atoms with E-state index in [9.17, 15) is 4.79 Å². The molecule has 0 aliphatic heterocycles. The summed E-state index contributed by atoms with van der Waals surface area (Å²) in [6, 6.07) is 2.01. The van der Waals surface area contributed by atoms with Crippen molar-refractivity contribution in [2.24, 2.45) is 0 Å². The Hall–Kier alpha value is -0.483. The second-order valence-electron chi connectivity index (χ2n) is 5.76. The molecular formula is C17H26LiO3P. The molecular weight excluding hydrogens is 290 g/mol. The van der Waals surface area contributed by atoms with Crippen molar-refractivity contribution in [2.45, 2.75) is 51.6 Å². The van der Waals surface area contributed by atoms with Crippen molar-refractivity contribution >= 4 is 14.1 Å². The molecule has 3 nitrogen and oxygen atoms in total. The van der Waals surface area contributed by atoms with E-state index in [0.29, 0.717) is 31.3 Å². The van der Waals surface area contributed by atoms with E-state index in [1.54, 1.807) is 14.2 Å². The summed E-state index contributed by atoms with van der Waals surface area (Å²) in [5.41, 5.74) is 3.35. The van der Waals surface area contributed by atoms with Crippen LogP contribution in [0.15, 0.2) is 6.07 Å². The standard InChI is InChI=1S/C17H25O3P.Li.H/c1-11-10-12(2)16(20-4)14(15(11)19-3)17(18)21-13-8-6-5-7-9-13;;/h10,13,21H,5-9H2,1-4H3;;/q;+1;-1.